The lowest BCUT2D eigenvalue weighted by atomic mass is 9.89. The number of pyridine rings is 1. The second kappa shape index (κ2) is 6.55. The molecular weight excluding hydrogens is 356 g/mol. The van der Waals surface area contributed by atoms with Crippen LogP contribution in [0.3, 0.4) is 0 Å². The Hall–Kier alpha value is -2.57. The van der Waals surface area contributed by atoms with Gasteiger partial charge in [-0.1, -0.05) is 6.07 Å². The summed E-state index contributed by atoms with van der Waals surface area (Å²) in [6.45, 7) is 2.21. The summed E-state index contributed by atoms with van der Waals surface area (Å²) in [7, 11) is 2.16. The quantitative estimate of drug-likeness (QED) is 0.574. The van der Waals surface area contributed by atoms with Crippen molar-refractivity contribution in [2.24, 2.45) is 0 Å². The molecule has 0 spiro atoms. The Kier molecular flexibility index (Phi) is 4.02. The third-order valence-corrected chi connectivity index (χ3v) is 6.37. The monoisotopic (exact) mass is 376 g/mol. The van der Waals surface area contributed by atoms with Crippen molar-refractivity contribution < 1.29 is 0 Å². The minimum atomic E-state index is -0.100. The Morgan fingerprint density at radius 1 is 1.19 bits per heavy atom. The van der Waals surface area contributed by atoms with E-state index in [4.69, 9.17) is 0 Å². The zero-order valence-corrected chi connectivity index (χ0v) is 15.9. The van der Waals surface area contributed by atoms with Crippen molar-refractivity contribution in [3.63, 3.8) is 0 Å². The fraction of sp³-hybridized carbons (Fsp3) is 0.286. The molecule has 0 aliphatic carbocycles. The SMILES string of the molecule is CN1CCC(c2ccc3nc(-c4cc5ccsc5cn4)[nH]c(=O)c3c2)CC1. The molecule has 0 radical (unpaired) electrons. The molecule has 0 amide bonds. The molecule has 0 saturated carbocycles. The summed E-state index contributed by atoms with van der Waals surface area (Å²) in [5, 5.41) is 3.81. The van der Waals surface area contributed by atoms with Gasteiger partial charge in [-0.2, -0.15) is 0 Å². The maximum absolute atomic E-state index is 12.7. The summed E-state index contributed by atoms with van der Waals surface area (Å²) in [5.41, 5.74) is 2.56. The fourth-order valence-electron chi connectivity index (χ4n) is 3.87. The maximum atomic E-state index is 12.7. The number of thiophene rings is 1. The number of likely N-dealkylation sites (tertiary alicyclic amines) is 1. The zero-order chi connectivity index (χ0) is 18.4. The van der Waals surface area contributed by atoms with Crippen LogP contribution in [0.5, 0.6) is 0 Å². The Labute approximate surface area is 160 Å². The highest BCUT2D eigenvalue weighted by Gasteiger charge is 2.19. The van der Waals surface area contributed by atoms with Gasteiger partial charge >= 0.3 is 0 Å². The minimum Gasteiger partial charge on any atom is -0.306 e. The number of fused-ring (bicyclic) bond motifs is 2. The molecular formula is C21H20N4OS. The molecule has 6 heteroatoms. The Morgan fingerprint density at radius 3 is 2.89 bits per heavy atom. The van der Waals surface area contributed by atoms with Crippen molar-refractivity contribution >= 4 is 32.3 Å². The molecule has 3 aromatic heterocycles. The molecule has 5 rings (SSSR count). The topological polar surface area (TPSA) is 61.9 Å². The smallest absolute Gasteiger partial charge is 0.259 e. The van der Waals surface area contributed by atoms with E-state index in [9.17, 15) is 4.79 Å². The number of nitrogens with one attached hydrogen (secondary N) is 1. The molecule has 5 nitrogen and oxygen atoms in total. The average Bonchev–Trinajstić information content (AvgIpc) is 3.16. The van der Waals surface area contributed by atoms with Gasteiger partial charge in [-0.15, -0.1) is 11.3 Å². The van der Waals surface area contributed by atoms with Gasteiger partial charge in [0.25, 0.3) is 5.56 Å². The third-order valence-electron chi connectivity index (χ3n) is 5.50. The van der Waals surface area contributed by atoms with Crippen LogP contribution in [0.15, 0.2) is 46.7 Å². The van der Waals surface area contributed by atoms with Crippen molar-refractivity contribution in [2.45, 2.75) is 18.8 Å². The van der Waals surface area contributed by atoms with E-state index in [0.29, 0.717) is 22.8 Å². The third kappa shape index (κ3) is 3.05. The summed E-state index contributed by atoms with van der Waals surface area (Å²) in [6.07, 6.45) is 4.11. The number of nitrogens with zero attached hydrogens (tertiary/aromatic N) is 3. The number of hydrogen-bond donors (Lipinski definition) is 1. The van der Waals surface area contributed by atoms with Crippen LogP contribution in [0.4, 0.5) is 0 Å². The molecule has 1 aromatic carbocycles. The normalized spacial score (nSPS) is 16.3. The van der Waals surface area contributed by atoms with Crippen molar-refractivity contribution in [3.05, 3.63) is 57.8 Å². The molecule has 1 saturated heterocycles. The fourth-order valence-corrected chi connectivity index (χ4v) is 4.61. The second-order valence-corrected chi connectivity index (χ2v) is 8.24. The first-order valence-electron chi connectivity index (χ1n) is 9.23. The van der Waals surface area contributed by atoms with Crippen molar-refractivity contribution in [1.29, 1.82) is 0 Å². The largest absolute Gasteiger partial charge is 0.306 e. The first-order chi connectivity index (χ1) is 13.2. The molecule has 0 unspecified atom stereocenters. The summed E-state index contributed by atoms with van der Waals surface area (Å²) in [5.74, 6) is 1.04. The number of rotatable bonds is 2. The van der Waals surface area contributed by atoms with Crippen LogP contribution in [0, 0.1) is 0 Å². The Bertz CT molecular complexity index is 1190. The highest BCUT2D eigenvalue weighted by Crippen LogP contribution is 2.29. The van der Waals surface area contributed by atoms with E-state index in [-0.39, 0.29) is 5.56 Å². The van der Waals surface area contributed by atoms with E-state index in [1.54, 1.807) is 11.3 Å². The molecule has 0 bridgehead atoms. The van der Waals surface area contributed by atoms with E-state index in [1.165, 1.54) is 5.56 Å². The maximum Gasteiger partial charge on any atom is 0.259 e. The summed E-state index contributed by atoms with van der Waals surface area (Å²) >= 11 is 1.65. The van der Waals surface area contributed by atoms with Gasteiger partial charge in [0, 0.05) is 6.20 Å². The molecule has 136 valence electrons. The van der Waals surface area contributed by atoms with Crippen LogP contribution in [-0.4, -0.2) is 40.0 Å². The highest BCUT2D eigenvalue weighted by molar-refractivity contribution is 7.17. The van der Waals surface area contributed by atoms with Crippen molar-refractivity contribution in [3.8, 4) is 11.5 Å². The van der Waals surface area contributed by atoms with E-state index >= 15 is 0 Å². The predicted octanol–water partition coefficient (Wildman–Crippen LogP) is 4.01. The van der Waals surface area contributed by atoms with E-state index in [1.807, 2.05) is 29.8 Å². The van der Waals surface area contributed by atoms with Crippen LogP contribution in [-0.2, 0) is 0 Å². The molecule has 1 aliphatic rings. The molecule has 1 N–H and O–H groups in total. The molecule has 4 heterocycles. The molecule has 0 atom stereocenters. The lowest BCUT2D eigenvalue weighted by molar-refractivity contribution is 0.255. The van der Waals surface area contributed by atoms with Gasteiger partial charge in [0.05, 0.1) is 15.6 Å². The van der Waals surface area contributed by atoms with Gasteiger partial charge in [0.1, 0.15) is 5.69 Å². The van der Waals surface area contributed by atoms with E-state index in [2.05, 4.69) is 39.0 Å². The van der Waals surface area contributed by atoms with Crippen LogP contribution < -0.4 is 5.56 Å². The lowest BCUT2D eigenvalue weighted by Crippen LogP contribution is -2.29. The Balaban J connectivity index is 1.55. The number of H-pyrrole nitrogens is 1. The molecule has 27 heavy (non-hydrogen) atoms. The summed E-state index contributed by atoms with van der Waals surface area (Å²) in [6, 6.07) is 10.2. The summed E-state index contributed by atoms with van der Waals surface area (Å²) < 4.78 is 1.13. The number of piperidine rings is 1. The summed E-state index contributed by atoms with van der Waals surface area (Å²) in [4.78, 5) is 27.2. The highest BCUT2D eigenvalue weighted by atomic mass is 32.1. The Morgan fingerprint density at radius 2 is 2.04 bits per heavy atom. The van der Waals surface area contributed by atoms with Gasteiger partial charge in [-0.3, -0.25) is 9.78 Å². The first-order valence-corrected chi connectivity index (χ1v) is 10.1. The standard InChI is InChI=1S/C21H20N4OS/c1-25-7-4-13(5-8-25)14-2-3-17-16(10-14)21(26)24-20(23-17)18-11-15-6-9-27-19(15)12-22-18/h2-3,6,9-13H,4-5,7-8H2,1H3,(H,23,24,26). The number of aromatic amines is 1. The number of hydrogen-bond acceptors (Lipinski definition) is 5. The average molecular weight is 376 g/mol. The van der Waals surface area contributed by atoms with Crippen LogP contribution >= 0.6 is 11.3 Å². The van der Waals surface area contributed by atoms with Crippen molar-refractivity contribution in [2.75, 3.05) is 20.1 Å². The van der Waals surface area contributed by atoms with Gasteiger partial charge in [-0.05, 0) is 79.5 Å². The second-order valence-electron chi connectivity index (χ2n) is 7.30. The minimum absolute atomic E-state index is 0.100. The number of aromatic nitrogens is 3. The molecule has 1 aliphatic heterocycles. The van der Waals surface area contributed by atoms with E-state index < -0.39 is 0 Å². The van der Waals surface area contributed by atoms with Crippen molar-refractivity contribution in [1.82, 2.24) is 19.9 Å². The van der Waals surface area contributed by atoms with Gasteiger partial charge in [0.15, 0.2) is 5.82 Å². The first kappa shape index (κ1) is 16.6. The predicted molar refractivity (Wildman–Crippen MR) is 110 cm³/mol. The van der Waals surface area contributed by atoms with Gasteiger partial charge < -0.3 is 9.88 Å². The van der Waals surface area contributed by atoms with Crippen LogP contribution in [0.25, 0.3) is 32.5 Å². The van der Waals surface area contributed by atoms with Gasteiger partial charge in [-0.25, -0.2) is 4.98 Å². The molecule has 4 aromatic rings. The van der Waals surface area contributed by atoms with Crippen LogP contribution in [0.1, 0.15) is 24.3 Å². The zero-order valence-electron chi connectivity index (χ0n) is 15.1. The van der Waals surface area contributed by atoms with Crippen LogP contribution in [0.2, 0.25) is 0 Å². The number of benzene rings is 1. The lowest BCUT2D eigenvalue weighted by Gasteiger charge is -2.29. The van der Waals surface area contributed by atoms with E-state index in [0.717, 1.165) is 41.5 Å². The van der Waals surface area contributed by atoms with Gasteiger partial charge in [0.2, 0.25) is 0 Å². The molecule has 1 fully saturated rings.